The van der Waals surface area contributed by atoms with Gasteiger partial charge in [0.2, 0.25) is 0 Å². The summed E-state index contributed by atoms with van der Waals surface area (Å²) in [5.41, 5.74) is 6.65. The third-order valence-corrected chi connectivity index (χ3v) is 3.44. The van der Waals surface area contributed by atoms with Crippen LogP contribution < -0.4 is 11.1 Å². The predicted octanol–water partition coefficient (Wildman–Crippen LogP) is 1.96. The van der Waals surface area contributed by atoms with Crippen LogP contribution in [-0.4, -0.2) is 24.2 Å². The molecule has 1 aromatic rings. The average Bonchev–Trinajstić information content (AvgIpc) is 2.16. The maximum Gasteiger partial charge on any atom is 0.335 e. The molecule has 0 unspecified atom stereocenters. The molecule has 0 amide bonds. The van der Waals surface area contributed by atoms with E-state index in [9.17, 15) is 4.79 Å². The summed E-state index contributed by atoms with van der Waals surface area (Å²) >= 11 is 4.23. The van der Waals surface area contributed by atoms with Gasteiger partial charge in [0.15, 0.2) is 0 Å². The number of carbonyl (C=O) groups is 1. The van der Waals surface area contributed by atoms with E-state index in [0.717, 1.165) is 12.8 Å². The van der Waals surface area contributed by atoms with Gasteiger partial charge in [-0.1, -0.05) is 0 Å². The van der Waals surface area contributed by atoms with Crippen LogP contribution >= 0.6 is 45.2 Å². The van der Waals surface area contributed by atoms with Gasteiger partial charge in [0, 0.05) is 20.2 Å². The van der Waals surface area contributed by atoms with Crippen molar-refractivity contribution in [1.82, 2.24) is 0 Å². The summed E-state index contributed by atoms with van der Waals surface area (Å²) in [4.78, 5) is 10.8. The molecule has 0 atom stereocenters. The molecule has 4 N–H and O–H groups in total. The van der Waals surface area contributed by atoms with Crippen molar-refractivity contribution in [2.45, 2.75) is 0 Å². The standard InChI is InChI=1S/C9H10I2N2O2/c10-6-3-5(9(14)15)4-7(11)8(6)13-2-1-12/h3-4,13H,1-2,12H2,(H,14,15). The normalized spacial score (nSPS) is 10.1. The summed E-state index contributed by atoms with van der Waals surface area (Å²) in [5, 5.41) is 12.0. The molecule has 0 aromatic heterocycles. The predicted molar refractivity (Wildman–Crippen MR) is 76.4 cm³/mol. The fraction of sp³-hybridized carbons (Fsp3) is 0.222. The average molecular weight is 432 g/mol. The van der Waals surface area contributed by atoms with Crippen molar-refractivity contribution in [3.63, 3.8) is 0 Å². The highest BCUT2D eigenvalue weighted by Gasteiger charge is 2.10. The van der Waals surface area contributed by atoms with E-state index in [1.54, 1.807) is 12.1 Å². The maximum absolute atomic E-state index is 10.8. The lowest BCUT2D eigenvalue weighted by molar-refractivity contribution is 0.0697. The molecule has 1 aromatic carbocycles. The topological polar surface area (TPSA) is 75.3 Å². The number of nitrogens with one attached hydrogen (secondary N) is 1. The minimum atomic E-state index is -0.906. The monoisotopic (exact) mass is 432 g/mol. The molecular weight excluding hydrogens is 422 g/mol. The van der Waals surface area contributed by atoms with Crippen LogP contribution in [0.15, 0.2) is 12.1 Å². The van der Waals surface area contributed by atoms with E-state index in [0.29, 0.717) is 18.7 Å². The van der Waals surface area contributed by atoms with Crippen molar-refractivity contribution >= 4 is 56.8 Å². The quantitative estimate of drug-likeness (QED) is 0.637. The first kappa shape index (κ1) is 13.0. The van der Waals surface area contributed by atoms with Gasteiger partial charge >= 0.3 is 5.97 Å². The number of halogens is 2. The first-order valence-corrected chi connectivity index (χ1v) is 6.38. The van der Waals surface area contributed by atoms with Crippen molar-refractivity contribution in [1.29, 1.82) is 0 Å². The Morgan fingerprint density at radius 1 is 1.40 bits per heavy atom. The smallest absolute Gasteiger partial charge is 0.335 e. The van der Waals surface area contributed by atoms with Crippen LogP contribution in [-0.2, 0) is 0 Å². The van der Waals surface area contributed by atoms with E-state index in [4.69, 9.17) is 10.8 Å². The van der Waals surface area contributed by atoms with Crippen molar-refractivity contribution in [2.24, 2.45) is 5.73 Å². The van der Waals surface area contributed by atoms with Crippen LogP contribution in [0.4, 0.5) is 5.69 Å². The van der Waals surface area contributed by atoms with Gasteiger partial charge in [-0.25, -0.2) is 4.79 Å². The molecule has 1 rings (SSSR count). The zero-order valence-electron chi connectivity index (χ0n) is 7.76. The van der Waals surface area contributed by atoms with Crippen molar-refractivity contribution < 1.29 is 9.90 Å². The number of hydrogen-bond acceptors (Lipinski definition) is 3. The van der Waals surface area contributed by atoms with Crippen LogP contribution in [0.25, 0.3) is 0 Å². The summed E-state index contributed by atoms with van der Waals surface area (Å²) in [5.74, 6) is -0.906. The Bertz CT molecular complexity index is 359. The van der Waals surface area contributed by atoms with Crippen LogP contribution in [0.3, 0.4) is 0 Å². The Morgan fingerprint density at radius 3 is 2.33 bits per heavy atom. The lowest BCUT2D eigenvalue weighted by Gasteiger charge is -2.10. The van der Waals surface area contributed by atoms with Gasteiger partial charge in [-0.3, -0.25) is 0 Å². The fourth-order valence-electron chi connectivity index (χ4n) is 1.06. The van der Waals surface area contributed by atoms with Gasteiger partial charge in [0.1, 0.15) is 0 Å². The van der Waals surface area contributed by atoms with E-state index >= 15 is 0 Å². The zero-order chi connectivity index (χ0) is 11.4. The number of carboxylic acids is 1. The Morgan fingerprint density at radius 2 is 1.93 bits per heavy atom. The molecule has 0 saturated carbocycles. The van der Waals surface area contributed by atoms with E-state index in [2.05, 4.69) is 50.5 Å². The maximum atomic E-state index is 10.8. The van der Waals surface area contributed by atoms with E-state index in [1.165, 1.54) is 0 Å². The first-order valence-electron chi connectivity index (χ1n) is 4.22. The molecule has 6 heteroatoms. The molecular formula is C9H10I2N2O2. The molecule has 0 radical (unpaired) electrons. The zero-order valence-corrected chi connectivity index (χ0v) is 12.1. The van der Waals surface area contributed by atoms with Crippen LogP contribution in [0.2, 0.25) is 0 Å². The van der Waals surface area contributed by atoms with Crippen LogP contribution in [0, 0.1) is 7.14 Å². The number of benzene rings is 1. The minimum absolute atomic E-state index is 0.307. The largest absolute Gasteiger partial charge is 0.478 e. The summed E-state index contributed by atoms with van der Waals surface area (Å²) in [6.45, 7) is 1.23. The third-order valence-electron chi connectivity index (χ3n) is 1.74. The number of aromatic carboxylic acids is 1. The number of carboxylic acid groups (broad SMARTS) is 1. The molecule has 82 valence electrons. The van der Waals surface area contributed by atoms with Crippen molar-refractivity contribution in [3.8, 4) is 0 Å². The summed E-state index contributed by atoms with van der Waals surface area (Å²) in [6.07, 6.45) is 0. The molecule has 15 heavy (non-hydrogen) atoms. The Balaban J connectivity index is 3.04. The van der Waals surface area contributed by atoms with Gasteiger partial charge in [-0.2, -0.15) is 0 Å². The fourth-order valence-corrected chi connectivity index (χ4v) is 3.21. The molecule has 4 nitrogen and oxygen atoms in total. The number of anilines is 1. The Hall–Kier alpha value is -0.0900. The molecule has 0 saturated heterocycles. The van der Waals surface area contributed by atoms with Crippen LogP contribution in [0.5, 0.6) is 0 Å². The van der Waals surface area contributed by atoms with Gasteiger partial charge in [0.05, 0.1) is 11.3 Å². The van der Waals surface area contributed by atoms with E-state index in [1.807, 2.05) is 0 Å². The summed E-state index contributed by atoms with van der Waals surface area (Å²) < 4.78 is 1.79. The molecule has 0 aliphatic carbocycles. The van der Waals surface area contributed by atoms with Gasteiger partial charge in [0.25, 0.3) is 0 Å². The molecule has 0 heterocycles. The Kier molecular flexibility index (Phi) is 5.06. The van der Waals surface area contributed by atoms with E-state index in [-0.39, 0.29) is 0 Å². The SMILES string of the molecule is NCCNc1c(I)cc(C(=O)O)cc1I. The number of rotatable bonds is 4. The van der Waals surface area contributed by atoms with Gasteiger partial charge < -0.3 is 16.2 Å². The molecule has 0 fully saturated rings. The Labute approximate surface area is 115 Å². The number of nitrogens with two attached hydrogens (primary N) is 1. The van der Waals surface area contributed by atoms with Gasteiger partial charge in [-0.15, -0.1) is 0 Å². The van der Waals surface area contributed by atoms with Crippen molar-refractivity contribution in [3.05, 3.63) is 24.8 Å². The molecule has 0 aliphatic rings. The van der Waals surface area contributed by atoms with Crippen molar-refractivity contribution in [2.75, 3.05) is 18.4 Å². The first-order chi connectivity index (χ1) is 7.06. The highest BCUT2D eigenvalue weighted by Crippen LogP contribution is 2.26. The second-order valence-electron chi connectivity index (χ2n) is 2.84. The second kappa shape index (κ2) is 5.85. The third kappa shape index (κ3) is 3.45. The molecule has 0 bridgehead atoms. The summed E-state index contributed by atoms with van der Waals surface area (Å²) in [6, 6.07) is 3.29. The van der Waals surface area contributed by atoms with E-state index < -0.39 is 5.97 Å². The second-order valence-corrected chi connectivity index (χ2v) is 5.16. The lowest BCUT2D eigenvalue weighted by atomic mass is 10.2. The molecule has 0 spiro atoms. The highest BCUT2D eigenvalue weighted by molar-refractivity contribution is 14.1. The number of hydrogen-bond donors (Lipinski definition) is 3. The van der Waals surface area contributed by atoms with Crippen LogP contribution in [0.1, 0.15) is 10.4 Å². The lowest BCUT2D eigenvalue weighted by Crippen LogP contribution is -2.15. The summed E-state index contributed by atoms with van der Waals surface area (Å²) in [7, 11) is 0. The minimum Gasteiger partial charge on any atom is -0.478 e. The molecule has 0 aliphatic heterocycles. The highest BCUT2D eigenvalue weighted by atomic mass is 127. The van der Waals surface area contributed by atoms with Gasteiger partial charge in [-0.05, 0) is 57.3 Å².